The maximum atomic E-state index is 6.20. The third-order valence-electron chi connectivity index (χ3n) is 8.50. The molecule has 1 aliphatic carbocycles. The van der Waals surface area contributed by atoms with E-state index >= 15 is 0 Å². The molecule has 0 radical (unpaired) electrons. The molecule has 3 aliphatic rings. The third kappa shape index (κ3) is 7.16. The Hall–Kier alpha value is -3.52. The summed E-state index contributed by atoms with van der Waals surface area (Å²) in [5, 5.41) is 6.93. The molecule has 4 heterocycles. The van der Waals surface area contributed by atoms with Gasteiger partial charge in [-0.15, -0.1) is 0 Å². The number of piperazine rings is 1. The fourth-order valence-corrected chi connectivity index (χ4v) is 6.92. The number of benzene rings is 2. The number of morpholine rings is 1. The van der Waals surface area contributed by atoms with E-state index in [1.165, 1.54) is 12.8 Å². The summed E-state index contributed by atoms with van der Waals surface area (Å²) < 4.78 is 20.8. The molecule has 0 spiro atoms. The number of rotatable bonds is 11. The number of aromatic nitrogens is 3. The van der Waals surface area contributed by atoms with Crippen molar-refractivity contribution in [2.45, 2.75) is 24.5 Å². The number of nitrogens with zero attached hydrogens (tertiary/aromatic N) is 5. The van der Waals surface area contributed by atoms with Crippen molar-refractivity contribution in [2.24, 2.45) is 0 Å². The largest absolute Gasteiger partial charge is 0.493 e. The number of methoxy groups -OCH3 is 1. The molecule has 1 saturated carbocycles. The molecule has 4 aromatic rings. The van der Waals surface area contributed by atoms with Crippen molar-refractivity contribution in [3.63, 3.8) is 0 Å². The highest BCUT2D eigenvalue weighted by molar-refractivity contribution is 8.01. The van der Waals surface area contributed by atoms with Gasteiger partial charge in [-0.05, 0) is 73.8 Å². The first-order chi connectivity index (χ1) is 22.1. The number of anilines is 3. The van der Waals surface area contributed by atoms with Crippen molar-refractivity contribution >= 4 is 68.4 Å². The van der Waals surface area contributed by atoms with Gasteiger partial charge >= 0.3 is 0 Å². The van der Waals surface area contributed by atoms with Crippen LogP contribution >= 0.6 is 24.2 Å². The summed E-state index contributed by atoms with van der Waals surface area (Å²) >= 11 is 7.60. The number of nitrogens with one attached hydrogen (secondary N) is 3. The van der Waals surface area contributed by atoms with Crippen molar-refractivity contribution in [3.8, 4) is 11.5 Å². The van der Waals surface area contributed by atoms with Crippen LogP contribution in [0.25, 0.3) is 21.9 Å². The molecule has 3 N–H and O–H groups in total. The van der Waals surface area contributed by atoms with Crippen LogP contribution in [0.5, 0.6) is 11.5 Å². The first-order valence-electron chi connectivity index (χ1n) is 15.7. The highest BCUT2D eigenvalue weighted by atomic mass is 32.2. The van der Waals surface area contributed by atoms with Crippen LogP contribution in [0.4, 0.5) is 17.2 Å². The topological polar surface area (TPSA) is 103 Å². The molecule has 11 nitrogen and oxygen atoms in total. The number of H-pyrrole nitrogens is 1. The summed E-state index contributed by atoms with van der Waals surface area (Å²) in [4.78, 5) is 19.8. The quantitative estimate of drug-likeness (QED) is 0.116. The van der Waals surface area contributed by atoms with Gasteiger partial charge in [0.2, 0.25) is 0 Å². The van der Waals surface area contributed by atoms with E-state index in [2.05, 4.69) is 59.0 Å². The standard InChI is InChI=1S/C32H40N8O3S2/c1-41-27-19-25-26(20-28(27)43-16-2-9-38-14-17-42-18-15-38)36-30-29(25)31(34-21-33-30)39-10-12-40(13-11-39)32(44)35-22-3-5-23(6-4-22)37-45-24-7-8-24/h3-6,19-21,24,37H,2,7-18H2,1H3,(H,35,44)(H,33,34,36). The molecule has 0 amide bonds. The highest BCUT2D eigenvalue weighted by Crippen LogP contribution is 2.39. The lowest BCUT2D eigenvalue weighted by molar-refractivity contribution is 0.0357. The van der Waals surface area contributed by atoms with Gasteiger partial charge in [-0.1, -0.05) is 0 Å². The van der Waals surface area contributed by atoms with Crippen LogP contribution in [0, 0.1) is 0 Å². The van der Waals surface area contributed by atoms with Gasteiger partial charge in [-0.25, -0.2) is 9.97 Å². The minimum atomic E-state index is 0.619. The summed E-state index contributed by atoms with van der Waals surface area (Å²) in [5.74, 6) is 2.35. The van der Waals surface area contributed by atoms with Crippen molar-refractivity contribution < 1.29 is 14.2 Å². The third-order valence-corrected chi connectivity index (χ3v) is 10.0. The lowest BCUT2D eigenvalue weighted by Gasteiger charge is -2.37. The first kappa shape index (κ1) is 30.2. The Labute approximate surface area is 273 Å². The van der Waals surface area contributed by atoms with Crippen LogP contribution in [0.3, 0.4) is 0 Å². The maximum absolute atomic E-state index is 6.20. The molecule has 0 bridgehead atoms. The van der Waals surface area contributed by atoms with E-state index in [0.717, 1.165) is 121 Å². The number of aromatic amines is 1. The zero-order chi connectivity index (χ0) is 30.6. The van der Waals surface area contributed by atoms with E-state index in [0.29, 0.717) is 12.4 Å². The van der Waals surface area contributed by atoms with Gasteiger partial charge in [0.05, 0.1) is 37.8 Å². The summed E-state index contributed by atoms with van der Waals surface area (Å²) in [7, 11) is 1.68. The Morgan fingerprint density at radius 3 is 2.56 bits per heavy atom. The van der Waals surface area contributed by atoms with Crippen molar-refractivity contribution in [1.29, 1.82) is 0 Å². The van der Waals surface area contributed by atoms with Gasteiger partial charge in [0.15, 0.2) is 16.6 Å². The summed E-state index contributed by atoms with van der Waals surface area (Å²) in [6.45, 7) is 8.38. The predicted molar refractivity (Wildman–Crippen MR) is 186 cm³/mol. The van der Waals surface area contributed by atoms with Gasteiger partial charge in [0.25, 0.3) is 0 Å². The van der Waals surface area contributed by atoms with Crippen LogP contribution in [0.1, 0.15) is 19.3 Å². The van der Waals surface area contributed by atoms with Crippen molar-refractivity contribution in [3.05, 3.63) is 42.7 Å². The number of ether oxygens (including phenoxy) is 3. The molecule has 0 atom stereocenters. The molecule has 2 saturated heterocycles. The van der Waals surface area contributed by atoms with Crippen LogP contribution in [-0.2, 0) is 4.74 Å². The Balaban J connectivity index is 0.987. The molecule has 2 aromatic carbocycles. The van der Waals surface area contributed by atoms with Gasteiger partial charge in [-0.3, -0.25) is 4.90 Å². The monoisotopic (exact) mass is 648 g/mol. The second-order valence-electron chi connectivity index (χ2n) is 11.7. The summed E-state index contributed by atoms with van der Waals surface area (Å²) in [5.41, 5.74) is 3.86. The molecule has 3 fully saturated rings. The molecular weight excluding hydrogens is 609 g/mol. The molecule has 45 heavy (non-hydrogen) atoms. The second kappa shape index (κ2) is 13.9. The average molecular weight is 649 g/mol. The van der Waals surface area contributed by atoms with Crippen LogP contribution < -0.4 is 24.4 Å². The summed E-state index contributed by atoms with van der Waals surface area (Å²) in [6.07, 6.45) is 5.19. The van der Waals surface area contributed by atoms with Crippen molar-refractivity contribution in [2.75, 3.05) is 87.7 Å². The number of fused-ring (bicyclic) bond motifs is 3. The van der Waals surface area contributed by atoms with Crippen LogP contribution in [0.15, 0.2) is 42.7 Å². The molecule has 2 aromatic heterocycles. The first-order valence-corrected chi connectivity index (χ1v) is 17.0. The summed E-state index contributed by atoms with van der Waals surface area (Å²) in [6, 6.07) is 12.4. The number of hydrogen-bond acceptors (Lipinski definition) is 10. The van der Waals surface area contributed by atoms with E-state index in [1.807, 2.05) is 24.1 Å². The average Bonchev–Trinajstić information content (AvgIpc) is 3.85. The molecule has 2 aliphatic heterocycles. The lowest BCUT2D eigenvalue weighted by atomic mass is 10.1. The molecule has 238 valence electrons. The van der Waals surface area contributed by atoms with E-state index in [9.17, 15) is 0 Å². The highest BCUT2D eigenvalue weighted by Gasteiger charge is 2.25. The van der Waals surface area contributed by atoms with Gasteiger partial charge < -0.3 is 39.0 Å². The van der Waals surface area contributed by atoms with Crippen molar-refractivity contribution in [1.82, 2.24) is 24.8 Å². The SMILES string of the molecule is COc1cc2c(cc1OCCCN1CCOCC1)[nH]c1ncnc(N3CCN(C(=S)Nc4ccc(NSC5CC5)cc4)CC3)c12. The van der Waals surface area contributed by atoms with Crippen LogP contribution in [-0.4, -0.2) is 108 Å². The predicted octanol–water partition coefficient (Wildman–Crippen LogP) is 4.96. The minimum Gasteiger partial charge on any atom is -0.493 e. The Kier molecular flexibility index (Phi) is 9.28. The molecule has 13 heteroatoms. The van der Waals surface area contributed by atoms with Gasteiger partial charge in [0.1, 0.15) is 17.8 Å². The van der Waals surface area contributed by atoms with E-state index in [4.69, 9.17) is 31.4 Å². The normalized spacial score (nSPS) is 17.5. The van der Waals surface area contributed by atoms with Gasteiger partial charge in [-0.2, -0.15) is 0 Å². The van der Waals surface area contributed by atoms with E-state index in [1.54, 1.807) is 13.4 Å². The molecular formula is C32H40N8O3S2. The van der Waals surface area contributed by atoms with E-state index in [-0.39, 0.29) is 0 Å². The number of hydrogen-bond donors (Lipinski definition) is 3. The fourth-order valence-electron chi connectivity index (χ4n) is 5.81. The zero-order valence-corrected chi connectivity index (χ0v) is 27.2. The van der Waals surface area contributed by atoms with E-state index < -0.39 is 0 Å². The zero-order valence-electron chi connectivity index (χ0n) is 25.6. The Morgan fingerprint density at radius 2 is 1.80 bits per heavy atom. The smallest absolute Gasteiger partial charge is 0.173 e. The Morgan fingerprint density at radius 1 is 1.02 bits per heavy atom. The molecule has 0 unspecified atom stereocenters. The van der Waals surface area contributed by atoms with Crippen LogP contribution in [0.2, 0.25) is 0 Å². The second-order valence-corrected chi connectivity index (χ2v) is 13.1. The lowest BCUT2D eigenvalue weighted by Crippen LogP contribution is -2.50. The Bertz CT molecular complexity index is 1620. The number of thiocarbonyl (C=S) groups is 1. The van der Waals surface area contributed by atoms with Gasteiger partial charge in [0, 0.05) is 73.9 Å². The minimum absolute atomic E-state index is 0.619. The fraction of sp³-hybridized carbons (Fsp3) is 0.469. The maximum Gasteiger partial charge on any atom is 0.173 e. The molecule has 7 rings (SSSR count).